The average molecular weight is 273 g/mol. The second-order valence-corrected chi connectivity index (χ2v) is 6.18. The van der Waals surface area contributed by atoms with Crippen LogP contribution in [0.4, 0.5) is 0 Å². The molecule has 2 aliphatic rings. The molecular formula is C17H23NO2. The molecule has 1 N–H and O–H groups in total. The van der Waals surface area contributed by atoms with Crippen molar-refractivity contribution in [2.75, 3.05) is 6.54 Å². The van der Waals surface area contributed by atoms with Gasteiger partial charge < -0.3 is 5.11 Å². The van der Waals surface area contributed by atoms with Gasteiger partial charge in [-0.2, -0.15) is 0 Å². The van der Waals surface area contributed by atoms with E-state index in [2.05, 4.69) is 29.2 Å². The van der Waals surface area contributed by atoms with Gasteiger partial charge >= 0.3 is 5.97 Å². The van der Waals surface area contributed by atoms with Crippen molar-refractivity contribution in [3.63, 3.8) is 0 Å². The third-order valence-corrected chi connectivity index (χ3v) is 5.01. The Kier molecular flexibility index (Phi) is 4.06. The highest BCUT2D eigenvalue weighted by atomic mass is 16.4. The highest BCUT2D eigenvalue weighted by Gasteiger charge is 2.44. The fraction of sp³-hybridized carbons (Fsp3) is 0.588. The third kappa shape index (κ3) is 2.73. The molecule has 3 heteroatoms. The van der Waals surface area contributed by atoms with Crippen LogP contribution in [0.15, 0.2) is 30.3 Å². The van der Waals surface area contributed by atoms with Gasteiger partial charge in [0.15, 0.2) is 0 Å². The predicted octanol–water partition coefficient (Wildman–Crippen LogP) is 2.95. The van der Waals surface area contributed by atoms with Gasteiger partial charge in [-0.25, -0.2) is 0 Å². The van der Waals surface area contributed by atoms with E-state index in [1.54, 1.807) is 0 Å². The minimum atomic E-state index is -0.632. The summed E-state index contributed by atoms with van der Waals surface area (Å²) in [6, 6.07) is 10.6. The Morgan fingerprint density at radius 2 is 1.95 bits per heavy atom. The Labute approximate surface area is 120 Å². The predicted molar refractivity (Wildman–Crippen MR) is 78.6 cm³/mol. The molecule has 3 rings (SSSR count). The van der Waals surface area contributed by atoms with Gasteiger partial charge in [-0.05, 0) is 37.2 Å². The van der Waals surface area contributed by atoms with Gasteiger partial charge in [-0.3, -0.25) is 9.69 Å². The first-order valence-corrected chi connectivity index (χ1v) is 7.78. The fourth-order valence-electron chi connectivity index (χ4n) is 4.02. The second kappa shape index (κ2) is 5.96. The van der Waals surface area contributed by atoms with Crippen LogP contribution < -0.4 is 0 Å². The SMILES string of the molecule is O=C(O)[C@@H]1C[C@@H]2CCCC[C@H]2N1CCc1ccccc1. The van der Waals surface area contributed by atoms with Crippen LogP contribution >= 0.6 is 0 Å². The van der Waals surface area contributed by atoms with Gasteiger partial charge in [0.25, 0.3) is 0 Å². The normalized spacial score (nSPS) is 30.1. The van der Waals surface area contributed by atoms with Gasteiger partial charge in [0.1, 0.15) is 6.04 Å². The Morgan fingerprint density at radius 1 is 1.20 bits per heavy atom. The molecule has 0 radical (unpaired) electrons. The number of likely N-dealkylation sites (tertiary alicyclic amines) is 1. The monoisotopic (exact) mass is 273 g/mol. The number of fused-ring (bicyclic) bond motifs is 1. The van der Waals surface area contributed by atoms with E-state index >= 15 is 0 Å². The lowest BCUT2D eigenvalue weighted by atomic mass is 9.84. The summed E-state index contributed by atoms with van der Waals surface area (Å²) in [5.41, 5.74) is 1.30. The molecule has 1 aliphatic carbocycles. The Bertz CT molecular complexity index is 459. The van der Waals surface area contributed by atoms with Gasteiger partial charge in [0, 0.05) is 12.6 Å². The van der Waals surface area contributed by atoms with Crippen molar-refractivity contribution in [3.8, 4) is 0 Å². The lowest BCUT2D eigenvalue weighted by molar-refractivity contribution is -0.142. The molecule has 0 bridgehead atoms. The maximum Gasteiger partial charge on any atom is 0.320 e. The number of benzene rings is 1. The molecule has 0 amide bonds. The smallest absolute Gasteiger partial charge is 0.320 e. The Balaban J connectivity index is 1.69. The van der Waals surface area contributed by atoms with E-state index in [0.717, 1.165) is 19.4 Å². The van der Waals surface area contributed by atoms with Crippen LogP contribution in [0.3, 0.4) is 0 Å². The molecule has 1 aromatic carbocycles. The van der Waals surface area contributed by atoms with Crippen molar-refractivity contribution >= 4 is 5.97 Å². The lowest BCUT2D eigenvalue weighted by Gasteiger charge is -2.33. The standard InChI is InChI=1S/C17H23NO2/c19-17(20)16-12-14-8-4-5-9-15(14)18(16)11-10-13-6-2-1-3-7-13/h1-3,6-7,14-16H,4-5,8-12H2,(H,19,20)/t14-,15+,16-/m0/s1. The van der Waals surface area contributed by atoms with Crippen molar-refractivity contribution in [1.82, 2.24) is 4.90 Å². The van der Waals surface area contributed by atoms with Crippen LogP contribution in [-0.4, -0.2) is 34.6 Å². The minimum Gasteiger partial charge on any atom is -0.480 e. The summed E-state index contributed by atoms with van der Waals surface area (Å²) in [6.07, 6.45) is 6.75. The molecule has 108 valence electrons. The molecular weight excluding hydrogens is 250 g/mol. The zero-order valence-corrected chi connectivity index (χ0v) is 11.9. The summed E-state index contributed by atoms with van der Waals surface area (Å²) < 4.78 is 0. The molecule has 3 nitrogen and oxygen atoms in total. The number of carboxylic acids is 1. The number of nitrogens with zero attached hydrogens (tertiary/aromatic N) is 1. The largest absolute Gasteiger partial charge is 0.480 e. The molecule has 20 heavy (non-hydrogen) atoms. The fourth-order valence-corrected chi connectivity index (χ4v) is 4.02. The lowest BCUT2D eigenvalue weighted by Crippen LogP contribution is -2.43. The van der Waals surface area contributed by atoms with Gasteiger partial charge in [0.05, 0.1) is 0 Å². The van der Waals surface area contributed by atoms with Crippen molar-refractivity contribution in [2.24, 2.45) is 5.92 Å². The summed E-state index contributed by atoms with van der Waals surface area (Å²) in [5, 5.41) is 9.49. The summed E-state index contributed by atoms with van der Waals surface area (Å²) in [4.78, 5) is 13.8. The molecule has 1 saturated carbocycles. The Morgan fingerprint density at radius 3 is 2.70 bits per heavy atom. The number of aliphatic carboxylic acids is 1. The van der Waals surface area contributed by atoms with E-state index < -0.39 is 5.97 Å². The van der Waals surface area contributed by atoms with E-state index in [0.29, 0.717) is 12.0 Å². The average Bonchev–Trinajstić information content (AvgIpc) is 2.85. The van der Waals surface area contributed by atoms with Crippen LogP contribution in [-0.2, 0) is 11.2 Å². The van der Waals surface area contributed by atoms with Crippen LogP contribution in [0.2, 0.25) is 0 Å². The highest BCUT2D eigenvalue weighted by molar-refractivity contribution is 5.74. The van der Waals surface area contributed by atoms with E-state index in [1.165, 1.54) is 31.2 Å². The van der Waals surface area contributed by atoms with Crippen molar-refractivity contribution in [2.45, 2.75) is 50.6 Å². The van der Waals surface area contributed by atoms with E-state index in [-0.39, 0.29) is 6.04 Å². The molecule has 1 saturated heterocycles. The van der Waals surface area contributed by atoms with Crippen LogP contribution in [0.25, 0.3) is 0 Å². The maximum absolute atomic E-state index is 11.5. The summed E-state index contributed by atoms with van der Waals surface area (Å²) in [7, 11) is 0. The van der Waals surface area contributed by atoms with Gasteiger partial charge in [0.2, 0.25) is 0 Å². The number of rotatable bonds is 4. The van der Waals surface area contributed by atoms with Crippen molar-refractivity contribution < 1.29 is 9.90 Å². The zero-order valence-electron chi connectivity index (χ0n) is 11.9. The summed E-state index contributed by atoms with van der Waals surface area (Å²) in [6.45, 7) is 0.877. The van der Waals surface area contributed by atoms with Crippen molar-refractivity contribution in [1.29, 1.82) is 0 Å². The molecule has 1 heterocycles. The van der Waals surface area contributed by atoms with Gasteiger partial charge in [-0.15, -0.1) is 0 Å². The highest BCUT2D eigenvalue weighted by Crippen LogP contribution is 2.39. The van der Waals surface area contributed by atoms with Crippen LogP contribution in [0, 0.1) is 5.92 Å². The Hall–Kier alpha value is -1.35. The minimum absolute atomic E-state index is 0.258. The second-order valence-electron chi connectivity index (χ2n) is 6.18. The number of hydrogen-bond donors (Lipinski definition) is 1. The quantitative estimate of drug-likeness (QED) is 0.917. The molecule has 2 fully saturated rings. The first-order valence-electron chi connectivity index (χ1n) is 7.78. The number of carboxylic acid groups (broad SMARTS) is 1. The van der Waals surface area contributed by atoms with E-state index in [9.17, 15) is 9.90 Å². The molecule has 0 spiro atoms. The maximum atomic E-state index is 11.5. The molecule has 1 aliphatic heterocycles. The van der Waals surface area contributed by atoms with Gasteiger partial charge in [-0.1, -0.05) is 43.2 Å². The van der Waals surface area contributed by atoms with Crippen LogP contribution in [0.5, 0.6) is 0 Å². The zero-order chi connectivity index (χ0) is 13.9. The van der Waals surface area contributed by atoms with Crippen LogP contribution in [0.1, 0.15) is 37.7 Å². The number of carbonyl (C=O) groups is 1. The topological polar surface area (TPSA) is 40.5 Å². The first kappa shape index (κ1) is 13.6. The number of hydrogen-bond acceptors (Lipinski definition) is 2. The summed E-state index contributed by atoms with van der Waals surface area (Å²) >= 11 is 0. The van der Waals surface area contributed by atoms with E-state index in [4.69, 9.17) is 0 Å². The molecule has 0 aromatic heterocycles. The van der Waals surface area contributed by atoms with E-state index in [1.807, 2.05) is 6.07 Å². The third-order valence-electron chi connectivity index (χ3n) is 5.01. The first-order chi connectivity index (χ1) is 9.75. The molecule has 3 atom stereocenters. The molecule has 0 unspecified atom stereocenters. The summed E-state index contributed by atoms with van der Waals surface area (Å²) in [5.74, 6) is -0.0203. The van der Waals surface area contributed by atoms with Crippen molar-refractivity contribution in [3.05, 3.63) is 35.9 Å². The molecule has 1 aromatic rings.